The summed E-state index contributed by atoms with van der Waals surface area (Å²) in [7, 11) is 5.59. The standard InChI is InChI=1S/C19H35NO6/c1-20(2,3)16(14-15-18(23)24)26-19(25)13-11-9-7-5-4-6-8-10-12-17(21)22/h16H,4-15H2,1-3H3,(H-,21,22,23,24)/t16-/m0/s1. The Morgan fingerprint density at radius 3 is 1.73 bits per heavy atom. The van der Waals surface area contributed by atoms with Crippen LogP contribution in [0.2, 0.25) is 0 Å². The number of carbonyl (C=O) groups is 3. The fourth-order valence-electron chi connectivity index (χ4n) is 2.66. The molecule has 0 fully saturated rings. The summed E-state index contributed by atoms with van der Waals surface area (Å²) in [6, 6.07) is 0. The first-order valence-electron chi connectivity index (χ1n) is 9.55. The lowest BCUT2D eigenvalue weighted by Crippen LogP contribution is -2.48. The van der Waals surface area contributed by atoms with Crippen molar-refractivity contribution in [1.29, 1.82) is 0 Å². The van der Waals surface area contributed by atoms with E-state index in [2.05, 4.69) is 0 Å². The predicted octanol–water partition coefficient (Wildman–Crippen LogP) is 2.08. The Kier molecular flexibility index (Phi) is 12.7. The number of rotatable bonds is 16. The lowest BCUT2D eigenvalue weighted by atomic mass is 10.1. The van der Waals surface area contributed by atoms with Crippen LogP contribution in [0.15, 0.2) is 0 Å². The van der Waals surface area contributed by atoms with Crippen molar-refractivity contribution in [2.24, 2.45) is 0 Å². The van der Waals surface area contributed by atoms with Crippen LogP contribution in [0, 0.1) is 0 Å². The van der Waals surface area contributed by atoms with Gasteiger partial charge in [0.2, 0.25) is 6.23 Å². The molecule has 0 heterocycles. The van der Waals surface area contributed by atoms with Crippen molar-refractivity contribution < 1.29 is 33.8 Å². The highest BCUT2D eigenvalue weighted by atomic mass is 16.6. The molecule has 0 rings (SSSR count). The summed E-state index contributed by atoms with van der Waals surface area (Å²) in [5.41, 5.74) is 0. The molecule has 0 aromatic rings. The van der Waals surface area contributed by atoms with E-state index in [-0.39, 0.29) is 25.2 Å². The van der Waals surface area contributed by atoms with Gasteiger partial charge in [-0.1, -0.05) is 38.5 Å². The molecule has 0 unspecified atom stereocenters. The average molecular weight is 373 g/mol. The zero-order chi connectivity index (χ0) is 20.0. The molecule has 152 valence electrons. The number of carbonyl (C=O) groups excluding carboxylic acids is 2. The van der Waals surface area contributed by atoms with Crippen LogP contribution in [0.1, 0.15) is 77.0 Å². The summed E-state index contributed by atoms with van der Waals surface area (Å²) in [5, 5.41) is 19.2. The molecule has 0 aromatic heterocycles. The van der Waals surface area contributed by atoms with Gasteiger partial charge in [0, 0.05) is 25.2 Å². The fraction of sp³-hybridized carbons (Fsp3) is 0.842. The van der Waals surface area contributed by atoms with Crippen molar-refractivity contribution in [1.82, 2.24) is 0 Å². The number of nitrogens with zero attached hydrogens (tertiary/aromatic N) is 1. The third-order valence-electron chi connectivity index (χ3n) is 4.25. The number of unbranched alkanes of at least 4 members (excludes halogenated alkanes) is 7. The highest BCUT2D eigenvalue weighted by Crippen LogP contribution is 2.15. The topological polar surface area (TPSA) is 104 Å². The van der Waals surface area contributed by atoms with Gasteiger partial charge in [0.05, 0.1) is 21.1 Å². The van der Waals surface area contributed by atoms with Crippen LogP contribution in [0.4, 0.5) is 0 Å². The van der Waals surface area contributed by atoms with E-state index in [1.165, 1.54) is 0 Å². The summed E-state index contributed by atoms with van der Waals surface area (Å²) >= 11 is 0. The second kappa shape index (κ2) is 13.6. The minimum absolute atomic E-state index is 0.125. The Balaban J connectivity index is 3.76. The predicted molar refractivity (Wildman–Crippen MR) is 96.0 cm³/mol. The van der Waals surface area contributed by atoms with E-state index in [9.17, 15) is 19.5 Å². The molecule has 0 radical (unpaired) electrons. The van der Waals surface area contributed by atoms with E-state index in [1.807, 2.05) is 21.1 Å². The van der Waals surface area contributed by atoms with Gasteiger partial charge < -0.3 is 19.7 Å². The normalized spacial score (nSPS) is 12.6. The highest BCUT2D eigenvalue weighted by molar-refractivity contribution is 5.69. The second-order valence-corrected chi connectivity index (χ2v) is 7.69. The maximum absolute atomic E-state index is 12.0. The van der Waals surface area contributed by atoms with Gasteiger partial charge in [-0.3, -0.25) is 14.1 Å². The molecule has 1 atom stereocenters. The molecule has 0 saturated heterocycles. The number of hydrogen-bond acceptors (Lipinski definition) is 5. The van der Waals surface area contributed by atoms with Gasteiger partial charge in [-0.05, 0) is 19.3 Å². The molecule has 0 aliphatic rings. The van der Waals surface area contributed by atoms with Gasteiger partial charge in [-0.2, -0.15) is 0 Å². The lowest BCUT2D eigenvalue weighted by Gasteiger charge is -2.33. The summed E-state index contributed by atoms with van der Waals surface area (Å²) in [4.78, 5) is 33.0. The smallest absolute Gasteiger partial charge is 0.310 e. The fourth-order valence-corrected chi connectivity index (χ4v) is 2.66. The van der Waals surface area contributed by atoms with Crippen molar-refractivity contribution in [2.45, 2.75) is 83.3 Å². The molecular formula is C19H35NO6. The van der Waals surface area contributed by atoms with Crippen molar-refractivity contribution >= 4 is 17.9 Å². The Morgan fingerprint density at radius 1 is 0.846 bits per heavy atom. The summed E-state index contributed by atoms with van der Waals surface area (Å²) < 4.78 is 5.81. The second-order valence-electron chi connectivity index (χ2n) is 7.69. The van der Waals surface area contributed by atoms with Crippen LogP contribution in [0.25, 0.3) is 0 Å². The molecule has 0 spiro atoms. The third kappa shape index (κ3) is 14.7. The van der Waals surface area contributed by atoms with Crippen molar-refractivity contribution in [3.8, 4) is 0 Å². The van der Waals surface area contributed by atoms with Crippen molar-refractivity contribution in [2.75, 3.05) is 21.1 Å². The number of carboxylic acids is 2. The van der Waals surface area contributed by atoms with Crippen LogP contribution in [0.5, 0.6) is 0 Å². The number of hydrogen-bond donors (Lipinski definition) is 1. The molecule has 7 nitrogen and oxygen atoms in total. The molecule has 0 bridgehead atoms. The van der Waals surface area contributed by atoms with E-state index >= 15 is 0 Å². The Hall–Kier alpha value is -1.63. The Labute approximate surface area is 156 Å². The third-order valence-corrected chi connectivity index (χ3v) is 4.25. The number of carboxylic acid groups (broad SMARTS) is 2. The van der Waals surface area contributed by atoms with Crippen LogP contribution >= 0.6 is 0 Å². The quantitative estimate of drug-likeness (QED) is 0.192. The van der Waals surface area contributed by atoms with Crippen LogP contribution in [-0.2, 0) is 19.1 Å². The molecule has 0 amide bonds. The first kappa shape index (κ1) is 24.4. The van der Waals surface area contributed by atoms with Crippen molar-refractivity contribution in [3.63, 3.8) is 0 Å². The minimum atomic E-state index is -1.14. The van der Waals surface area contributed by atoms with E-state index in [0.717, 1.165) is 51.4 Å². The SMILES string of the molecule is C[N+](C)(C)[C@H](CCC(=O)[O-])OC(=O)CCCCCCCCCCC(=O)O. The first-order valence-corrected chi connectivity index (χ1v) is 9.55. The summed E-state index contributed by atoms with van der Waals surface area (Å²) in [6.45, 7) is 0. The van der Waals surface area contributed by atoms with Gasteiger partial charge in [0.1, 0.15) is 0 Å². The zero-order valence-corrected chi connectivity index (χ0v) is 16.5. The Bertz CT molecular complexity index is 430. The van der Waals surface area contributed by atoms with Gasteiger partial charge in [-0.15, -0.1) is 0 Å². The van der Waals surface area contributed by atoms with Crippen molar-refractivity contribution in [3.05, 3.63) is 0 Å². The van der Waals surface area contributed by atoms with Gasteiger partial charge >= 0.3 is 11.9 Å². The van der Waals surface area contributed by atoms with Crippen LogP contribution < -0.4 is 5.11 Å². The highest BCUT2D eigenvalue weighted by Gasteiger charge is 2.27. The molecule has 0 aliphatic heterocycles. The van der Waals surface area contributed by atoms with E-state index in [1.54, 1.807) is 0 Å². The van der Waals surface area contributed by atoms with E-state index in [0.29, 0.717) is 10.9 Å². The molecule has 0 saturated carbocycles. The number of quaternary nitrogens is 1. The maximum atomic E-state index is 12.0. The van der Waals surface area contributed by atoms with Gasteiger partial charge in [-0.25, -0.2) is 0 Å². The summed E-state index contributed by atoms with van der Waals surface area (Å²) in [5.74, 6) is -2.15. The molecule has 1 N–H and O–H groups in total. The van der Waals surface area contributed by atoms with Crippen LogP contribution in [0.3, 0.4) is 0 Å². The number of aliphatic carboxylic acids is 2. The maximum Gasteiger partial charge on any atom is 0.310 e. The Morgan fingerprint density at radius 2 is 1.31 bits per heavy atom. The largest absolute Gasteiger partial charge is 0.550 e. The monoisotopic (exact) mass is 373 g/mol. The molecule has 7 heteroatoms. The molecular weight excluding hydrogens is 338 g/mol. The molecule has 0 aromatic carbocycles. The van der Waals surface area contributed by atoms with E-state index in [4.69, 9.17) is 9.84 Å². The lowest BCUT2D eigenvalue weighted by molar-refractivity contribution is -0.917. The number of ether oxygens (including phenoxy) is 1. The molecule has 0 aliphatic carbocycles. The van der Waals surface area contributed by atoms with E-state index < -0.39 is 18.2 Å². The van der Waals surface area contributed by atoms with Gasteiger partial charge in [0.25, 0.3) is 0 Å². The average Bonchev–Trinajstić information content (AvgIpc) is 2.51. The summed E-state index contributed by atoms with van der Waals surface area (Å²) in [6.07, 6.45) is 7.95. The van der Waals surface area contributed by atoms with Crippen LogP contribution in [-0.4, -0.2) is 54.9 Å². The number of esters is 1. The molecule has 26 heavy (non-hydrogen) atoms. The zero-order valence-electron chi connectivity index (χ0n) is 16.5. The minimum Gasteiger partial charge on any atom is -0.550 e. The first-order chi connectivity index (χ1) is 12.1. The van der Waals surface area contributed by atoms with Gasteiger partial charge in [0.15, 0.2) is 0 Å².